The van der Waals surface area contributed by atoms with Crippen LogP contribution in [0.5, 0.6) is 0 Å². The van der Waals surface area contributed by atoms with Crippen LogP contribution in [0, 0.1) is 11.3 Å². The Balaban J connectivity index is 1.45. The molecule has 0 radical (unpaired) electrons. The van der Waals surface area contributed by atoms with E-state index in [9.17, 15) is 4.79 Å². The number of anilines is 2. The molecular weight excluding hydrogens is 336 g/mol. The molecule has 1 aromatic heterocycles. The number of benzene rings is 2. The van der Waals surface area contributed by atoms with E-state index in [0.717, 1.165) is 37.4 Å². The van der Waals surface area contributed by atoms with Crippen molar-refractivity contribution in [3.05, 3.63) is 82.6 Å². The van der Waals surface area contributed by atoms with Gasteiger partial charge in [0.2, 0.25) is 0 Å². The normalized spacial score (nSPS) is 14.0. The van der Waals surface area contributed by atoms with Crippen LogP contribution in [0.1, 0.15) is 5.56 Å². The van der Waals surface area contributed by atoms with Crippen molar-refractivity contribution >= 4 is 11.4 Å². The number of H-pyrrole nitrogens is 1. The second kappa shape index (κ2) is 7.38. The number of piperazine rings is 1. The summed E-state index contributed by atoms with van der Waals surface area (Å²) in [5, 5.41) is 8.87. The number of nitriles is 1. The Labute approximate surface area is 158 Å². The van der Waals surface area contributed by atoms with Gasteiger partial charge < -0.3 is 14.8 Å². The molecule has 1 fully saturated rings. The van der Waals surface area contributed by atoms with Crippen molar-refractivity contribution in [3.63, 3.8) is 0 Å². The van der Waals surface area contributed by atoms with Crippen molar-refractivity contribution in [2.45, 2.75) is 0 Å². The molecule has 2 heterocycles. The Kier molecular flexibility index (Phi) is 4.63. The fraction of sp³-hybridized carbons (Fsp3) is 0.182. The molecule has 5 nitrogen and oxygen atoms in total. The minimum atomic E-state index is -0.351. The van der Waals surface area contributed by atoms with Crippen molar-refractivity contribution in [1.82, 2.24) is 4.98 Å². The van der Waals surface area contributed by atoms with Gasteiger partial charge in [0, 0.05) is 43.2 Å². The maximum Gasteiger partial charge on any atom is 0.266 e. The van der Waals surface area contributed by atoms with E-state index in [1.807, 2.05) is 24.3 Å². The van der Waals surface area contributed by atoms with E-state index in [1.54, 1.807) is 12.1 Å². The van der Waals surface area contributed by atoms with Crippen LogP contribution in [0.4, 0.5) is 11.4 Å². The Bertz CT molecular complexity index is 1010. The predicted octanol–water partition coefficient (Wildman–Crippen LogP) is 3.24. The summed E-state index contributed by atoms with van der Waals surface area (Å²) >= 11 is 0. The fourth-order valence-electron chi connectivity index (χ4n) is 3.44. The summed E-state index contributed by atoms with van der Waals surface area (Å²) in [6.45, 7) is 3.94. The lowest BCUT2D eigenvalue weighted by Crippen LogP contribution is -2.46. The Morgan fingerprint density at radius 2 is 1.37 bits per heavy atom. The van der Waals surface area contributed by atoms with Gasteiger partial charge >= 0.3 is 0 Å². The fourth-order valence-corrected chi connectivity index (χ4v) is 3.44. The van der Waals surface area contributed by atoms with Crippen LogP contribution in [0.2, 0.25) is 0 Å². The summed E-state index contributed by atoms with van der Waals surface area (Å²) in [5.41, 5.74) is 3.89. The summed E-state index contributed by atoms with van der Waals surface area (Å²) in [6.07, 6.45) is 0. The first-order valence-corrected chi connectivity index (χ1v) is 9.03. The number of nitrogens with zero attached hydrogens (tertiary/aromatic N) is 3. The topological polar surface area (TPSA) is 63.1 Å². The Morgan fingerprint density at radius 1 is 0.778 bits per heavy atom. The zero-order valence-corrected chi connectivity index (χ0v) is 14.9. The van der Waals surface area contributed by atoms with E-state index in [4.69, 9.17) is 5.26 Å². The van der Waals surface area contributed by atoms with Gasteiger partial charge in [0.25, 0.3) is 5.56 Å². The monoisotopic (exact) mass is 356 g/mol. The van der Waals surface area contributed by atoms with Crippen molar-refractivity contribution in [3.8, 4) is 17.3 Å². The second-order valence-corrected chi connectivity index (χ2v) is 6.58. The Morgan fingerprint density at radius 3 is 1.93 bits per heavy atom. The van der Waals surface area contributed by atoms with Crippen LogP contribution in [-0.2, 0) is 0 Å². The minimum Gasteiger partial charge on any atom is -0.368 e. The summed E-state index contributed by atoms with van der Waals surface area (Å²) in [6, 6.07) is 23.9. The minimum absolute atomic E-state index is 0.131. The molecule has 27 heavy (non-hydrogen) atoms. The number of nitrogens with one attached hydrogen (secondary N) is 1. The molecule has 0 spiro atoms. The average Bonchev–Trinajstić information content (AvgIpc) is 2.74. The molecule has 0 unspecified atom stereocenters. The third-order valence-corrected chi connectivity index (χ3v) is 4.97. The van der Waals surface area contributed by atoms with Crippen molar-refractivity contribution in [2.75, 3.05) is 36.0 Å². The molecule has 0 amide bonds. The molecule has 0 atom stereocenters. The van der Waals surface area contributed by atoms with Crippen LogP contribution in [0.3, 0.4) is 0 Å². The number of rotatable bonds is 3. The second-order valence-electron chi connectivity index (χ2n) is 6.58. The van der Waals surface area contributed by atoms with Crippen molar-refractivity contribution < 1.29 is 0 Å². The van der Waals surface area contributed by atoms with Crippen LogP contribution in [-0.4, -0.2) is 31.2 Å². The van der Waals surface area contributed by atoms with Gasteiger partial charge in [-0.05, 0) is 42.0 Å². The maximum absolute atomic E-state index is 11.8. The zero-order valence-electron chi connectivity index (χ0n) is 14.9. The average molecular weight is 356 g/mol. The van der Waals surface area contributed by atoms with Crippen molar-refractivity contribution in [2.24, 2.45) is 0 Å². The number of aromatic nitrogens is 1. The standard InChI is InChI=1S/C22H20N4O/c23-16-18-8-11-21(24-22(18)27)17-6-9-20(10-7-17)26-14-12-25(13-15-26)19-4-2-1-3-5-19/h1-11H,12-15H2,(H,24,27). The zero-order chi connectivity index (χ0) is 18.6. The number of hydrogen-bond donors (Lipinski definition) is 1. The molecule has 0 bridgehead atoms. The highest BCUT2D eigenvalue weighted by Crippen LogP contribution is 2.23. The molecule has 1 aliphatic rings. The van der Waals surface area contributed by atoms with E-state index < -0.39 is 0 Å². The lowest BCUT2D eigenvalue weighted by atomic mass is 10.1. The quantitative estimate of drug-likeness (QED) is 0.782. The molecule has 3 aromatic rings. The lowest BCUT2D eigenvalue weighted by Gasteiger charge is -2.37. The summed E-state index contributed by atoms with van der Waals surface area (Å²) in [5.74, 6) is 0. The molecule has 134 valence electrons. The molecule has 1 aliphatic heterocycles. The van der Waals surface area contributed by atoms with Gasteiger partial charge in [-0.3, -0.25) is 4.79 Å². The molecule has 1 saturated heterocycles. The first-order chi connectivity index (χ1) is 13.2. The molecule has 5 heteroatoms. The number of para-hydroxylation sites is 1. The Hall–Kier alpha value is -3.52. The van der Waals surface area contributed by atoms with Gasteiger partial charge in [-0.25, -0.2) is 0 Å². The van der Waals surface area contributed by atoms with Gasteiger partial charge in [-0.2, -0.15) is 5.26 Å². The van der Waals surface area contributed by atoms with Gasteiger partial charge in [-0.15, -0.1) is 0 Å². The number of aromatic amines is 1. The summed E-state index contributed by atoms with van der Waals surface area (Å²) < 4.78 is 0. The van der Waals surface area contributed by atoms with Crippen molar-refractivity contribution in [1.29, 1.82) is 5.26 Å². The van der Waals surface area contributed by atoms with Crippen LogP contribution >= 0.6 is 0 Å². The number of hydrogen-bond acceptors (Lipinski definition) is 4. The third kappa shape index (κ3) is 3.56. The highest BCUT2D eigenvalue weighted by atomic mass is 16.1. The first-order valence-electron chi connectivity index (χ1n) is 9.03. The van der Waals surface area contributed by atoms with E-state index in [2.05, 4.69) is 51.2 Å². The molecule has 0 aliphatic carbocycles. The molecule has 4 rings (SSSR count). The van der Waals surface area contributed by atoms with Gasteiger partial charge in [0.05, 0.1) is 0 Å². The first kappa shape index (κ1) is 16.9. The molecular formula is C22H20N4O. The van der Waals surface area contributed by atoms with Crippen LogP contribution in [0.25, 0.3) is 11.3 Å². The van der Waals surface area contributed by atoms with E-state index in [0.29, 0.717) is 0 Å². The third-order valence-electron chi connectivity index (χ3n) is 4.97. The van der Waals surface area contributed by atoms with Gasteiger partial charge in [0.15, 0.2) is 0 Å². The van der Waals surface area contributed by atoms with Gasteiger partial charge in [0.1, 0.15) is 11.6 Å². The molecule has 1 N–H and O–H groups in total. The van der Waals surface area contributed by atoms with Gasteiger partial charge in [-0.1, -0.05) is 30.3 Å². The number of pyridine rings is 1. The lowest BCUT2D eigenvalue weighted by molar-refractivity contribution is 0.653. The highest BCUT2D eigenvalue weighted by Gasteiger charge is 2.17. The highest BCUT2D eigenvalue weighted by molar-refractivity contribution is 5.64. The largest absolute Gasteiger partial charge is 0.368 e. The van der Waals surface area contributed by atoms with E-state index in [-0.39, 0.29) is 11.1 Å². The molecule has 2 aromatic carbocycles. The van der Waals surface area contributed by atoms with Crippen LogP contribution in [0.15, 0.2) is 71.5 Å². The SMILES string of the molecule is N#Cc1ccc(-c2ccc(N3CCN(c4ccccc4)CC3)cc2)[nH]c1=O. The maximum atomic E-state index is 11.8. The summed E-state index contributed by atoms with van der Waals surface area (Å²) in [4.78, 5) is 19.4. The molecule has 0 saturated carbocycles. The van der Waals surface area contributed by atoms with E-state index >= 15 is 0 Å². The van der Waals surface area contributed by atoms with E-state index in [1.165, 1.54) is 11.4 Å². The smallest absolute Gasteiger partial charge is 0.266 e. The summed E-state index contributed by atoms with van der Waals surface area (Å²) in [7, 11) is 0. The van der Waals surface area contributed by atoms with Crippen LogP contribution < -0.4 is 15.4 Å². The predicted molar refractivity (Wildman–Crippen MR) is 108 cm³/mol.